The third kappa shape index (κ3) is 18.1. The molecule has 0 bridgehead atoms. The van der Waals surface area contributed by atoms with Crippen molar-refractivity contribution in [2.24, 2.45) is 29.6 Å². The van der Waals surface area contributed by atoms with Gasteiger partial charge in [0.05, 0.1) is 47.9 Å². The minimum atomic E-state index is -1.16. The Morgan fingerprint density at radius 3 is 2.15 bits per heavy atom. The van der Waals surface area contributed by atoms with Gasteiger partial charge in [0.25, 0.3) is 0 Å². The van der Waals surface area contributed by atoms with Gasteiger partial charge < -0.3 is 34.6 Å². The number of likely N-dealkylation sites (N-methyl/N-ethyl adjacent to an activating group) is 2. The number of thioether (sulfide) groups is 1. The number of ketones is 1. The molecule has 0 aromatic heterocycles. The van der Waals surface area contributed by atoms with Crippen LogP contribution in [0.4, 0.5) is 0 Å². The van der Waals surface area contributed by atoms with E-state index in [2.05, 4.69) is 12.0 Å². The summed E-state index contributed by atoms with van der Waals surface area (Å²) in [7, 11) is 7.23. The Balaban J connectivity index is 1.67. The molecule has 2 aliphatic heterocycles. The number of methoxy groups -OCH3 is 2. The maximum atomic E-state index is 14.7. The SMILES string of the molecule is CC[C@H](C)[C@@H]([C@@H](CC(=O)N1CCC[C@H]1[C@H](OC)[C@@H](C)C(=O)N[C@@H](Cc1ccc(C)cc1)C(=O)O)OC)N(C)C(=O)[C@@H](CC(=O)[C@H](C(C)C)N(C)C(=O)CCCCCN1C(=O)CC(SCCCPC)C1=O)C(C)C. The third-order valence-corrected chi connectivity index (χ3v) is 17.3. The number of amides is 6. The van der Waals surface area contributed by atoms with E-state index in [1.165, 1.54) is 24.0 Å². The van der Waals surface area contributed by atoms with E-state index in [4.69, 9.17) is 9.47 Å². The van der Waals surface area contributed by atoms with Crippen LogP contribution in [0, 0.1) is 36.5 Å². The second-order valence-electron chi connectivity index (χ2n) is 21.1. The zero-order chi connectivity index (χ0) is 54.7. The van der Waals surface area contributed by atoms with Crippen LogP contribution in [0.5, 0.6) is 0 Å². The van der Waals surface area contributed by atoms with Crippen molar-refractivity contribution in [1.82, 2.24) is 24.9 Å². The molecule has 11 atom stereocenters. The van der Waals surface area contributed by atoms with Gasteiger partial charge in [-0.1, -0.05) is 91.1 Å². The van der Waals surface area contributed by atoms with Crippen LogP contribution < -0.4 is 5.32 Å². The number of Topliss-reactive ketones (excluding diaryl/α,β-unsaturated/α-hetero) is 1. The van der Waals surface area contributed by atoms with Crippen LogP contribution in [-0.4, -0.2) is 174 Å². The minimum Gasteiger partial charge on any atom is -0.480 e. The van der Waals surface area contributed by atoms with E-state index in [1.807, 2.05) is 72.7 Å². The molecule has 6 amide bonds. The standard InChI is InChI=1S/C55H90N5O11PS/c1-14-37(7)50(44(70-11)32-47(63)59-27-18-20-42(59)51(71-12)38(8)52(65)56-41(55(68)69)30-39-24-22-36(6)23-25-39)58(10)53(66)40(34(2)3)31-43(61)49(35(4)5)57(9)46(62)21-16-15-17-26-60-48(64)33-45(54(60)67)73-29-19-28-72-13/h22-25,34-35,37-38,40-42,44-45,49-51,72H,14-21,26-33H2,1-13H3,(H,56,65)(H,68,69)/t37-,38+,40-,41-,42-,44+,45?,49-,50-,51+/m0/s1. The van der Waals surface area contributed by atoms with Crippen molar-refractivity contribution in [3.05, 3.63) is 35.4 Å². The summed E-state index contributed by atoms with van der Waals surface area (Å²) in [4.78, 5) is 115. The normalized spacial score (nSPS) is 19.5. The molecule has 2 unspecified atom stereocenters. The fourth-order valence-electron chi connectivity index (χ4n) is 10.6. The first-order chi connectivity index (χ1) is 34.5. The summed E-state index contributed by atoms with van der Waals surface area (Å²) in [5, 5.41) is 12.4. The van der Waals surface area contributed by atoms with Crippen molar-refractivity contribution in [3.8, 4) is 0 Å². The number of benzene rings is 1. The molecule has 1 aromatic rings. The molecule has 16 nitrogen and oxygen atoms in total. The number of carboxylic acid groups (broad SMARTS) is 1. The minimum absolute atomic E-state index is 0.0601. The molecule has 1 aromatic carbocycles. The number of hydrogen-bond donors (Lipinski definition) is 2. The van der Waals surface area contributed by atoms with E-state index < -0.39 is 60.1 Å². The molecule has 0 spiro atoms. The average Bonchev–Trinajstić information content (AvgIpc) is 3.94. The zero-order valence-electron chi connectivity index (χ0n) is 46.3. The number of hydrogen-bond acceptors (Lipinski definition) is 11. The number of ether oxygens (including phenoxy) is 2. The highest BCUT2D eigenvalue weighted by molar-refractivity contribution is 8.00. The van der Waals surface area contributed by atoms with Gasteiger partial charge in [-0.05, 0) is 80.9 Å². The van der Waals surface area contributed by atoms with Gasteiger partial charge in [0, 0.05) is 73.0 Å². The Bertz CT molecular complexity index is 1990. The Hall–Kier alpha value is -3.92. The number of likely N-dealkylation sites (tertiary alicyclic amines) is 2. The van der Waals surface area contributed by atoms with Crippen molar-refractivity contribution < 1.29 is 52.9 Å². The fraction of sp³-hybridized carbons (Fsp3) is 0.745. The number of nitrogens with one attached hydrogen (secondary N) is 1. The predicted octanol–water partition coefficient (Wildman–Crippen LogP) is 6.86. The topological polar surface area (TPSA) is 200 Å². The molecule has 73 heavy (non-hydrogen) atoms. The van der Waals surface area contributed by atoms with E-state index in [1.54, 1.807) is 42.6 Å². The maximum absolute atomic E-state index is 14.7. The van der Waals surface area contributed by atoms with Gasteiger partial charge in [-0.3, -0.25) is 38.5 Å². The van der Waals surface area contributed by atoms with E-state index in [0.29, 0.717) is 51.6 Å². The average molecular weight is 1060 g/mol. The lowest BCUT2D eigenvalue weighted by molar-refractivity contribution is -0.150. The van der Waals surface area contributed by atoms with Crippen LogP contribution in [0.3, 0.4) is 0 Å². The highest BCUT2D eigenvalue weighted by Gasteiger charge is 2.44. The maximum Gasteiger partial charge on any atom is 0.326 e. The molecule has 18 heteroatoms. The van der Waals surface area contributed by atoms with Gasteiger partial charge in [-0.25, -0.2) is 4.79 Å². The predicted molar refractivity (Wildman–Crippen MR) is 290 cm³/mol. The van der Waals surface area contributed by atoms with Gasteiger partial charge in [0.1, 0.15) is 6.04 Å². The number of aryl methyl sites for hydroxylation is 1. The Labute approximate surface area is 442 Å². The first-order valence-electron chi connectivity index (χ1n) is 26.6. The molecule has 0 saturated carbocycles. The lowest BCUT2D eigenvalue weighted by Gasteiger charge is -2.41. The van der Waals surface area contributed by atoms with E-state index in [9.17, 15) is 43.5 Å². The second-order valence-corrected chi connectivity index (χ2v) is 23.6. The largest absolute Gasteiger partial charge is 0.480 e. The number of carboxylic acids is 1. The lowest BCUT2D eigenvalue weighted by Crippen LogP contribution is -2.55. The van der Waals surface area contributed by atoms with Crippen LogP contribution in [0.1, 0.15) is 130 Å². The molecule has 3 rings (SSSR count). The molecule has 412 valence electrons. The van der Waals surface area contributed by atoms with Gasteiger partial charge >= 0.3 is 5.97 Å². The van der Waals surface area contributed by atoms with Crippen molar-refractivity contribution in [3.63, 3.8) is 0 Å². The Morgan fingerprint density at radius 1 is 0.904 bits per heavy atom. The highest BCUT2D eigenvalue weighted by Crippen LogP contribution is 2.32. The summed E-state index contributed by atoms with van der Waals surface area (Å²) >= 11 is 1.57. The van der Waals surface area contributed by atoms with Crippen LogP contribution in [0.25, 0.3) is 0 Å². The highest BCUT2D eigenvalue weighted by atomic mass is 32.2. The number of carbonyl (C=O) groups excluding carboxylic acids is 7. The summed E-state index contributed by atoms with van der Waals surface area (Å²) in [6.45, 7) is 18.2. The van der Waals surface area contributed by atoms with Crippen molar-refractivity contribution in [2.75, 3.05) is 60.0 Å². The van der Waals surface area contributed by atoms with Crippen molar-refractivity contribution >= 4 is 67.5 Å². The van der Waals surface area contributed by atoms with Gasteiger partial charge in [0.2, 0.25) is 35.4 Å². The van der Waals surface area contributed by atoms with Gasteiger partial charge in [-0.2, -0.15) is 0 Å². The number of rotatable bonds is 33. The third-order valence-electron chi connectivity index (χ3n) is 15.1. The quantitative estimate of drug-likeness (QED) is 0.0422. The molecule has 0 radical (unpaired) electrons. The molecule has 2 saturated heterocycles. The molecule has 2 aliphatic rings. The van der Waals surface area contributed by atoms with E-state index >= 15 is 0 Å². The number of nitrogens with zero attached hydrogens (tertiary/aromatic N) is 4. The van der Waals surface area contributed by atoms with Crippen LogP contribution in [-0.2, 0) is 54.3 Å². The van der Waals surface area contributed by atoms with Gasteiger partial charge in [-0.15, -0.1) is 20.3 Å². The number of carbonyl (C=O) groups is 8. The number of aliphatic carboxylic acids is 1. The van der Waals surface area contributed by atoms with Crippen LogP contribution in [0.2, 0.25) is 0 Å². The monoisotopic (exact) mass is 1060 g/mol. The summed E-state index contributed by atoms with van der Waals surface area (Å²) < 4.78 is 12.0. The van der Waals surface area contributed by atoms with Gasteiger partial charge in [0.15, 0.2) is 5.78 Å². The Kier molecular flexibility index (Phi) is 27.1. The van der Waals surface area contributed by atoms with E-state index in [-0.39, 0.29) is 90.4 Å². The summed E-state index contributed by atoms with van der Waals surface area (Å²) in [6.07, 6.45) is 4.83. The van der Waals surface area contributed by atoms with Crippen LogP contribution in [0.15, 0.2) is 24.3 Å². The first-order valence-corrected chi connectivity index (χ1v) is 29.4. The lowest BCUT2D eigenvalue weighted by atomic mass is 9.83. The summed E-state index contributed by atoms with van der Waals surface area (Å²) in [5.74, 6) is -3.97. The Morgan fingerprint density at radius 2 is 1.58 bits per heavy atom. The fourth-order valence-corrected chi connectivity index (χ4v) is 12.5. The van der Waals surface area contributed by atoms with Crippen molar-refractivity contribution in [2.45, 2.75) is 174 Å². The molecular weight excluding hydrogens is 970 g/mol. The molecular formula is C55H90N5O11PS. The smallest absolute Gasteiger partial charge is 0.326 e. The first kappa shape index (κ1) is 63.4. The number of unbranched alkanes of at least 4 members (excludes halogenated alkanes) is 2. The molecule has 2 N–H and O–H groups in total. The summed E-state index contributed by atoms with van der Waals surface area (Å²) in [6, 6.07) is 4.53. The summed E-state index contributed by atoms with van der Waals surface area (Å²) in [5.41, 5.74) is 1.81. The molecule has 2 heterocycles. The molecule has 0 aliphatic carbocycles. The van der Waals surface area contributed by atoms with E-state index in [0.717, 1.165) is 38.0 Å². The molecule has 2 fully saturated rings. The van der Waals surface area contributed by atoms with Crippen LogP contribution >= 0.6 is 20.3 Å². The zero-order valence-corrected chi connectivity index (χ0v) is 48.1. The number of imide groups is 1. The second kappa shape index (κ2) is 31.2. The van der Waals surface area contributed by atoms with Crippen molar-refractivity contribution in [1.29, 1.82) is 0 Å².